The van der Waals surface area contributed by atoms with Crippen molar-refractivity contribution in [3.63, 3.8) is 0 Å². The lowest BCUT2D eigenvalue weighted by molar-refractivity contribution is -0.119. The number of hydrazone groups is 1. The number of nitrogens with zero attached hydrogens (tertiary/aromatic N) is 1. The van der Waals surface area contributed by atoms with Crippen LogP contribution in [0.5, 0.6) is 0 Å². The van der Waals surface area contributed by atoms with Crippen LogP contribution in [0.25, 0.3) is 11.3 Å². The van der Waals surface area contributed by atoms with Crippen LogP contribution in [0.2, 0.25) is 0 Å². The van der Waals surface area contributed by atoms with E-state index in [1.54, 1.807) is 36.4 Å². The molecule has 0 unspecified atom stereocenters. The minimum absolute atomic E-state index is 0.108. The van der Waals surface area contributed by atoms with Crippen molar-refractivity contribution >= 4 is 23.8 Å². The fraction of sp³-hybridized carbons (Fsp3) is 0.269. The van der Waals surface area contributed by atoms with Crippen LogP contribution in [0, 0.1) is 13.8 Å². The molecule has 0 atom stereocenters. The highest BCUT2D eigenvalue weighted by Crippen LogP contribution is 2.22. The molecule has 0 aliphatic rings. The molecular formula is C26H29N3O4. The number of amides is 1. The molecule has 0 fully saturated rings. The molecule has 0 radical (unpaired) electrons. The molecule has 2 aromatic carbocycles. The average molecular weight is 448 g/mol. The molecule has 1 amide bonds. The molecule has 0 aliphatic carbocycles. The molecule has 172 valence electrons. The molecule has 3 aromatic rings. The number of carbonyl (C=O) groups is 2. The second-order valence-electron chi connectivity index (χ2n) is 7.71. The number of rotatable bonds is 10. The number of unbranched alkanes of at least 4 members (excludes halogenated alkanes) is 1. The number of ether oxygens (including phenoxy) is 1. The summed E-state index contributed by atoms with van der Waals surface area (Å²) in [7, 11) is 0. The zero-order chi connectivity index (χ0) is 23.6. The summed E-state index contributed by atoms with van der Waals surface area (Å²) in [5, 5.41) is 7.02. The van der Waals surface area contributed by atoms with Gasteiger partial charge in [-0.1, -0.05) is 31.5 Å². The van der Waals surface area contributed by atoms with Crippen LogP contribution in [0.4, 0.5) is 5.69 Å². The lowest BCUT2D eigenvalue weighted by Crippen LogP contribution is -2.25. The maximum Gasteiger partial charge on any atom is 0.338 e. The van der Waals surface area contributed by atoms with Crippen LogP contribution >= 0.6 is 0 Å². The van der Waals surface area contributed by atoms with Crippen LogP contribution in [0.1, 0.15) is 47.0 Å². The van der Waals surface area contributed by atoms with Gasteiger partial charge in [0, 0.05) is 11.3 Å². The summed E-state index contributed by atoms with van der Waals surface area (Å²) >= 11 is 0. The minimum atomic E-state index is -0.329. The van der Waals surface area contributed by atoms with Crippen molar-refractivity contribution in [1.82, 2.24) is 5.43 Å². The van der Waals surface area contributed by atoms with Gasteiger partial charge in [0.15, 0.2) is 0 Å². The second kappa shape index (κ2) is 11.7. The van der Waals surface area contributed by atoms with E-state index in [9.17, 15) is 9.59 Å². The van der Waals surface area contributed by atoms with E-state index in [1.807, 2.05) is 39.0 Å². The Hall–Kier alpha value is -3.87. The predicted molar refractivity (Wildman–Crippen MR) is 129 cm³/mol. The van der Waals surface area contributed by atoms with E-state index in [1.165, 1.54) is 11.8 Å². The van der Waals surface area contributed by atoms with Gasteiger partial charge in [-0.3, -0.25) is 4.79 Å². The highest BCUT2D eigenvalue weighted by molar-refractivity contribution is 5.90. The van der Waals surface area contributed by atoms with Crippen molar-refractivity contribution in [2.75, 3.05) is 18.5 Å². The zero-order valence-electron chi connectivity index (χ0n) is 19.2. The molecule has 3 rings (SSSR count). The summed E-state index contributed by atoms with van der Waals surface area (Å²) in [4.78, 5) is 24.0. The van der Waals surface area contributed by atoms with E-state index in [4.69, 9.17) is 9.15 Å². The number of nitrogens with one attached hydrogen (secondary N) is 2. The first-order valence-corrected chi connectivity index (χ1v) is 11.0. The fourth-order valence-corrected chi connectivity index (χ4v) is 2.98. The molecule has 0 spiro atoms. The Morgan fingerprint density at radius 2 is 1.82 bits per heavy atom. The monoisotopic (exact) mass is 447 g/mol. The number of hydrogen-bond donors (Lipinski definition) is 2. The summed E-state index contributed by atoms with van der Waals surface area (Å²) < 4.78 is 11.0. The zero-order valence-corrected chi connectivity index (χ0v) is 19.2. The Bertz CT molecular complexity index is 1120. The molecule has 1 aromatic heterocycles. The molecule has 0 saturated heterocycles. The summed E-state index contributed by atoms with van der Waals surface area (Å²) in [6.07, 6.45) is 3.27. The smallest absolute Gasteiger partial charge is 0.338 e. The number of benzene rings is 2. The molecular weight excluding hydrogens is 418 g/mol. The lowest BCUT2D eigenvalue weighted by Gasteiger charge is -2.07. The second-order valence-corrected chi connectivity index (χ2v) is 7.71. The van der Waals surface area contributed by atoms with Crippen molar-refractivity contribution in [2.24, 2.45) is 5.10 Å². The van der Waals surface area contributed by atoms with Gasteiger partial charge < -0.3 is 14.5 Å². The Balaban J connectivity index is 1.49. The molecule has 0 bridgehead atoms. The highest BCUT2D eigenvalue weighted by atomic mass is 16.5. The van der Waals surface area contributed by atoms with Gasteiger partial charge in [-0.15, -0.1) is 0 Å². The van der Waals surface area contributed by atoms with Gasteiger partial charge in [-0.2, -0.15) is 5.10 Å². The third kappa shape index (κ3) is 7.07. The average Bonchev–Trinajstić information content (AvgIpc) is 3.29. The third-order valence-corrected chi connectivity index (χ3v) is 5.10. The number of carbonyl (C=O) groups excluding carboxylic acids is 2. The maximum absolute atomic E-state index is 12.0. The Labute approximate surface area is 193 Å². The Morgan fingerprint density at radius 1 is 1.03 bits per heavy atom. The van der Waals surface area contributed by atoms with Gasteiger partial charge in [0.2, 0.25) is 0 Å². The van der Waals surface area contributed by atoms with Crippen molar-refractivity contribution in [2.45, 2.75) is 33.6 Å². The summed E-state index contributed by atoms with van der Waals surface area (Å²) in [5.41, 5.74) is 7.04. The standard InChI is InChI=1S/C26H29N3O4/c1-4-5-14-32-26(31)21-9-7-20(8-10-21)24-13-12-23(33-24)16-28-29-25(30)17-27-22-11-6-18(2)19(3)15-22/h6-13,15-16,27H,4-5,14,17H2,1-3H3,(H,29,30)/b28-16+. The number of esters is 1. The molecule has 33 heavy (non-hydrogen) atoms. The number of hydrogen-bond acceptors (Lipinski definition) is 6. The van der Waals surface area contributed by atoms with Crippen molar-refractivity contribution in [1.29, 1.82) is 0 Å². The van der Waals surface area contributed by atoms with Crippen molar-refractivity contribution < 1.29 is 18.7 Å². The van der Waals surface area contributed by atoms with Crippen molar-refractivity contribution in [3.8, 4) is 11.3 Å². The van der Waals surface area contributed by atoms with Crippen LogP contribution in [0.3, 0.4) is 0 Å². The van der Waals surface area contributed by atoms with E-state index in [-0.39, 0.29) is 18.4 Å². The summed E-state index contributed by atoms with van der Waals surface area (Å²) in [6.45, 7) is 6.65. The lowest BCUT2D eigenvalue weighted by atomic mass is 10.1. The topological polar surface area (TPSA) is 92.9 Å². The Morgan fingerprint density at radius 3 is 2.55 bits per heavy atom. The third-order valence-electron chi connectivity index (χ3n) is 5.10. The molecule has 0 saturated carbocycles. The summed E-state index contributed by atoms with van der Waals surface area (Å²) in [6, 6.07) is 16.5. The largest absolute Gasteiger partial charge is 0.462 e. The van der Waals surface area contributed by atoms with Gasteiger partial charge in [0.1, 0.15) is 11.5 Å². The van der Waals surface area contributed by atoms with Gasteiger partial charge in [-0.25, -0.2) is 10.2 Å². The normalized spacial score (nSPS) is 10.9. The van der Waals surface area contributed by atoms with Crippen molar-refractivity contribution in [3.05, 3.63) is 77.0 Å². The molecule has 7 nitrogen and oxygen atoms in total. The number of furan rings is 1. The number of aryl methyl sites for hydroxylation is 2. The highest BCUT2D eigenvalue weighted by Gasteiger charge is 2.09. The van der Waals surface area contributed by atoms with Gasteiger partial charge >= 0.3 is 5.97 Å². The maximum atomic E-state index is 12.0. The summed E-state index contributed by atoms with van der Waals surface area (Å²) in [5.74, 6) is 0.531. The number of anilines is 1. The predicted octanol–water partition coefficient (Wildman–Crippen LogP) is 5.08. The van der Waals surface area contributed by atoms with Crippen LogP contribution in [0.15, 0.2) is 64.1 Å². The first kappa shape index (κ1) is 23.8. The van der Waals surface area contributed by atoms with E-state index < -0.39 is 0 Å². The first-order chi connectivity index (χ1) is 16.0. The van der Waals surface area contributed by atoms with Crippen LogP contribution in [-0.4, -0.2) is 31.2 Å². The van der Waals surface area contributed by atoms with Crippen LogP contribution < -0.4 is 10.7 Å². The molecule has 2 N–H and O–H groups in total. The molecule has 7 heteroatoms. The van der Waals surface area contributed by atoms with E-state index in [2.05, 4.69) is 15.8 Å². The quantitative estimate of drug-likeness (QED) is 0.196. The minimum Gasteiger partial charge on any atom is -0.462 e. The van der Waals surface area contributed by atoms with E-state index in [0.29, 0.717) is 23.7 Å². The first-order valence-electron chi connectivity index (χ1n) is 11.0. The SMILES string of the molecule is CCCCOC(=O)c1ccc(-c2ccc(/C=N/NC(=O)CNc3ccc(C)c(C)c3)o2)cc1. The fourth-order valence-electron chi connectivity index (χ4n) is 2.98. The van der Waals surface area contributed by atoms with E-state index >= 15 is 0 Å². The Kier molecular flexibility index (Phi) is 8.41. The molecule has 0 aliphatic heterocycles. The van der Waals surface area contributed by atoms with Gasteiger partial charge in [-0.05, 0) is 67.8 Å². The van der Waals surface area contributed by atoms with Crippen LogP contribution in [-0.2, 0) is 9.53 Å². The van der Waals surface area contributed by atoms with Gasteiger partial charge in [0.25, 0.3) is 5.91 Å². The molecule has 1 heterocycles. The van der Waals surface area contributed by atoms with Gasteiger partial charge in [0.05, 0.1) is 24.9 Å². The van der Waals surface area contributed by atoms with E-state index in [0.717, 1.165) is 29.7 Å².